The molecule has 0 saturated heterocycles. The summed E-state index contributed by atoms with van der Waals surface area (Å²) in [5, 5.41) is 12.3. The summed E-state index contributed by atoms with van der Waals surface area (Å²) in [5.74, 6) is 0.801. The van der Waals surface area contributed by atoms with Gasteiger partial charge in [-0.25, -0.2) is 0 Å². The fraction of sp³-hybridized carbons (Fsp3) is 0.368. The zero-order valence-electron chi connectivity index (χ0n) is 13.2. The molecule has 0 aliphatic carbocycles. The molecule has 1 unspecified atom stereocenters. The smallest absolute Gasteiger partial charge is 0.119 e. The SMILES string of the molecule is CC(CCc1ccccc1)NCc1ccc(OCCO)cc1. The molecular formula is C19H25NO2. The number of benzene rings is 2. The highest BCUT2D eigenvalue weighted by atomic mass is 16.5. The second-order valence-electron chi connectivity index (χ2n) is 5.52. The van der Waals surface area contributed by atoms with Crippen molar-refractivity contribution in [1.82, 2.24) is 5.32 Å². The standard InChI is InChI=1S/C19H25NO2/c1-16(7-8-17-5-3-2-4-6-17)20-15-18-9-11-19(12-10-18)22-14-13-21/h2-6,9-12,16,20-21H,7-8,13-15H2,1H3. The van der Waals surface area contributed by atoms with Crippen molar-refractivity contribution >= 4 is 0 Å². The van der Waals surface area contributed by atoms with Crippen LogP contribution < -0.4 is 10.1 Å². The minimum Gasteiger partial charge on any atom is -0.491 e. The zero-order chi connectivity index (χ0) is 15.6. The van der Waals surface area contributed by atoms with Gasteiger partial charge in [0, 0.05) is 12.6 Å². The van der Waals surface area contributed by atoms with E-state index in [0.717, 1.165) is 25.1 Å². The van der Waals surface area contributed by atoms with E-state index in [2.05, 4.69) is 54.7 Å². The third-order valence-corrected chi connectivity index (χ3v) is 3.65. The lowest BCUT2D eigenvalue weighted by Gasteiger charge is -2.14. The van der Waals surface area contributed by atoms with Gasteiger partial charge < -0.3 is 15.2 Å². The molecule has 0 radical (unpaired) electrons. The van der Waals surface area contributed by atoms with Crippen LogP contribution in [0.1, 0.15) is 24.5 Å². The molecule has 0 saturated carbocycles. The Kier molecular flexibility index (Phi) is 6.94. The van der Waals surface area contributed by atoms with E-state index >= 15 is 0 Å². The molecule has 0 fully saturated rings. The summed E-state index contributed by atoms with van der Waals surface area (Å²) >= 11 is 0. The molecular weight excluding hydrogens is 274 g/mol. The van der Waals surface area contributed by atoms with Crippen molar-refractivity contribution in [2.45, 2.75) is 32.4 Å². The first-order chi connectivity index (χ1) is 10.8. The van der Waals surface area contributed by atoms with E-state index in [9.17, 15) is 0 Å². The lowest BCUT2D eigenvalue weighted by atomic mass is 10.1. The van der Waals surface area contributed by atoms with Crippen LogP contribution in [0.4, 0.5) is 0 Å². The Morgan fingerprint density at radius 3 is 2.41 bits per heavy atom. The number of hydrogen-bond donors (Lipinski definition) is 2. The van der Waals surface area contributed by atoms with Crippen molar-refractivity contribution in [1.29, 1.82) is 0 Å². The molecule has 1 atom stereocenters. The summed E-state index contributed by atoms with van der Waals surface area (Å²) < 4.78 is 5.35. The Balaban J connectivity index is 1.70. The first-order valence-corrected chi connectivity index (χ1v) is 7.88. The number of rotatable bonds is 9. The number of hydrogen-bond acceptors (Lipinski definition) is 3. The molecule has 2 aromatic rings. The van der Waals surface area contributed by atoms with E-state index in [1.54, 1.807) is 0 Å². The fourth-order valence-electron chi connectivity index (χ4n) is 2.29. The predicted molar refractivity (Wildman–Crippen MR) is 90.1 cm³/mol. The van der Waals surface area contributed by atoms with Crippen molar-refractivity contribution < 1.29 is 9.84 Å². The fourth-order valence-corrected chi connectivity index (χ4v) is 2.29. The maximum atomic E-state index is 8.73. The summed E-state index contributed by atoms with van der Waals surface area (Å²) in [6.45, 7) is 3.47. The van der Waals surface area contributed by atoms with Gasteiger partial charge in [-0.15, -0.1) is 0 Å². The third-order valence-electron chi connectivity index (χ3n) is 3.65. The molecule has 2 aromatic carbocycles. The Hall–Kier alpha value is -1.84. The average Bonchev–Trinajstić information content (AvgIpc) is 2.58. The Bertz CT molecular complexity index is 525. The zero-order valence-corrected chi connectivity index (χ0v) is 13.2. The van der Waals surface area contributed by atoms with Crippen molar-refractivity contribution in [3.8, 4) is 5.75 Å². The van der Waals surface area contributed by atoms with Gasteiger partial charge in [0.2, 0.25) is 0 Å². The Labute approximate surface area is 133 Å². The number of nitrogens with one attached hydrogen (secondary N) is 1. The van der Waals surface area contributed by atoms with Crippen LogP contribution >= 0.6 is 0 Å². The van der Waals surface area contributed by atoms with Gasteiger partial charge in [-0.2, -0.15) is 0 Å². The highest BCUT2D eigenvalue weighted by Crippen LogP contribution is 2.12. The first kappa shape index (κ1) is 16.5. The lowest BCUT2D eigenvalue weighted by molar-refractivity contribution is 0.201. The molecule has 0 aliphatic heterocycles. The van der Waals surface area contributed by atoms with Gasteiger partial charge in [-0.05, 0) is 43.0 Å². The average molecular weight is 299 g/mol. The summed E-state index contributed by atoms with van der Waals surface area (Å²) in [6, 6.07) is 19.1. The largest absolute Gasteiger partial charge is 0.491 e. The minimum atomic E-state index is 0.0439. The van der Waals surface area contributed by atoms with E-state index in [0.29, 0.717) is 12.6 Å². The van der Waals surface area contributed by atoms with Crippen LogP contribution in [-0.2, 0) is 13.0 Å². The van der Waals surface area contributed by atoms with E-state index in [-0.39, 0.29) is 6.61 Å². The number of aliphatic hydroxyl groups is 1. The molecule has 22 heavy (non-hydrogen) atoms. The summed E-state index contributed by atoms with van der Waals surface area (Å²) in [6.07, 6.45) is 2.23. The lowest BCUT2D eigenvalue weighted by Crippen LogP contribution is -2.25. The summed E-state index contributed by atoms with van der Waals surface area (Å²) in [5.41, 5.74) is 2.63. The van der Waals surface area contributed by atoms with E-state index in [1.165, 1.54) is 11.1 Å². The van der Waals surface area contributed by atoms with Crippen LogP contribution in [0.15, 0.2) is 54.6 Å². The first-order valence-electron chi connectivity index (χ1n) is 7.88. The Morgan fingerprint density at radius 1 is 1.00 bits per heavy atom. The number of ether oxygens (including phenoxy) is 1. The second kappa shape index (κ2) is 9.23. The molecule has 0 aromatic heterocycles. The van der Waals surface area contributed by atoms with E-state index in [4.69, 9.17) is 9.84 Å². The van der Waals surface area contributed by atoms with Gasteiger partial charge in [-0.3, -0.25) is 0 Å². The van der Waals surface area contributed by atoms with Crippen molar-refractivity contribution in [3.05, 3.63) is 65.7 Å². The third kappa shape index (κ3) is 5.88. The van der Waals surface area contributed by atoms with Crippen LogP contribution in [0.3, 0.4) is 0 Å². The molecule has 3 heteroatoms. The maximum Gasteiger partial charge on any atom is 0.119 e. The van der Waals surface area contributed by atoms with E-state index < -0.39 is 0 Å². The van der Waals surface area contributed by atoms with E-state index in [1.807, 2.05) is 12.1 Å². The van der Waals surface area contributed by atoms with Crippen molar-refractivity contribution in [3.63, 3.8) is 0 Å². The molecule has 2 N–H and O–H groups in total. The summed E-state index contributed by atoms with van der Waals surface area (Å²) in [7, 11) is 0. The molecule has 2 rings (SSSR count). The topological polar surface area (TPSA) is 41.5 Å². The highest BCUT2D eigenvalue weighted by Gasteiger charge is 2.03. The monoisotopic (exact) mass is 299 g/mol. The summed E-state index contributed by atoms with van der Waals surface area (Å²) in [4.78, 5) is 0. The van der Waals surface area contributed by atoms with Crippen LogP contribution in [0.25, 0.3) is 0 Å². The van der Waals surface area contributed by atoms with Crippen LogP contribution in [0.2, 0.25) is 0 Å². The molecule has 0 heterocycles. The van der Waals surface area contributed by atoms with Crippen molar-refractivity contribution in [2.24, 2.45) is 0 Å². The van der Waals surface area contributed by atoms with Gasteiger partial charge >= 0.3 is 0 Å². The van der Waals surface area contributed by atoms with Gasteiger partial charge in [-0.1, -0.05) is 42.5 Å². The molecule has 3 nitrogen and oxygen atoms in total. The van der Waals surface area contributed by atoms with Gasteiger partial charge in [0.25, 0.3) is 0 Å². The van der Waals surface area contributed by atoms with Gasteiger partial charge in [0.1, 0.15) is 12.4 Å². The predicted octanol–water partition coefficient (Wildman–Crippen LogP) is 3.17. The molecule has 0 spiro atoms. The minimum absolute atomic E-state index is 0.0439. The van der Waals surface area contributed by atoms with Crippen LogP contribution in [0, 0.1) is 0 Å². The maximum absolute atomic E-state index is 8.73. The quantitative estimate of drug-likeness (QED) is 0.747. The molecule has 0 amide bonds. The molecule has 118 valence electrons. The second-order valence-corrected chi connectivity index (χ2v) is 5.52. The highest BCUT2D eigenvalue weighted by molar-refractivity contribution is 5.27. The Morgan fingerprint density at radius 2 is 1.73 bits per heavy atom. The molecule has 0 aliphatic rings. The van der Waals surface area contributed by atoms with Gasteiger partial charge in [0.15, 0.2) is 0 Å². The number of aryl methyl sites for hydroxylation is 1. The van der Waals surface area contributed by atoms with Gasteiger partial charge in [0.05, 0.1) is 6.61 Å². The van der Waals surface area contributed by atoms with Crippen LogP contribution in [0.5, 0.6) is 5.75 Å². The van der Waals surface area contributed by atoms with Crippen LogP contribution in [-0.4, -0.2) is 24.4 Å². The normalized spacial score (nSPS) is 12.1. The van der Waals surface area contributed by atoms with Crippen molar-refractivity contribution in [2.75, 3.05) is 13.2 Å². The number of aliphatic hydroxyl groups excluding tert-OH is 1. The molecule has 0 bridgehead atoms.